The molecule has 1 aromatic carbocycles. The van der Waals surface area contributed by atoms with E-state index in [1.807, 2.05) is 0 Å². The van der Waals surface area contributed by atoms with Crippen LogP contribution in [0.4, 0.5) is 14.7 Å². The molecule has 0 atom stereocenters. The molecule has 1 aromatic heterocycles. The van der Waals surface area contributed by atoms with Gasteiger partial charge < -0.3 is 10.3 Å². The van der Waals surface area contributed by atoms with Crippen molar-refractivity contribution in [2.45, 2.75) is 0 Å². The van der Waals surface area contributed by atoms with E-state index in [1.54, 1.807) is 0 Å². The fourth-order valence-electron chi connectivity index (χ4n) is 1.16. The third-order valence-corrected chi connectivity index (χ3v) is 2.18. The third kappa shape index (κ3) is 1.78. The van der Waals surface area contributed by atoms with Crippen LogP contribution in [0.3, 0.4) is 0 Å². The van der Waals surface area contributed by atoms with Crippen LogP contribution in [0.1, 0.15) is 0 Å². The first-order valence-corrected chi connectivity index (χ1v) is 4.33. The lowest BCUT2D eigenvalue weighted by Gasteiger charge is -2.01. The van der Waals surface area contributed by atoms with Crippen molar-refractivity contribution >= 4 is 17.5 Å². The van der Waals surface area contributed by atoms with Gasteiger partial charge in [-0.3, -0.25) is 0 Å². The van der Waals surface area contributed by atoms with Crippen molar-refractivity contribution in [2.75, 3.05) is 5.73 Å². The zero-order valence-electron chi connectivity index (χ0n) is 7.30. The molecule has 0 radical (unpaired) electrons. The molecular weight excluding hydrogens is 226 g/mol. The van der Waals surface area contributed by atoms with E-state index in [1.165, 1.54) is 6.07 Å². The van der Waals surface area contributed by atoms with Crippen molar-refractivity contribution in [1.82, 2.24) is 5.16 Å². The largest absolute Gasteiger partial charge is 0.368 e. The van der Waals surface area contributed by atoms with Gasteiger partial charge >= 0.3 is 0 Å². The van der Waals surface area contributed by atoms with Gasteiger partial charge in [0, 0.05) is 17.7 Å². The topological polar surface area (TPSA) is 52.0 Å². The predicted molar refractivity (Wildman–Crippen MR) is 51.3 cm³/mol. The molecule has 0 bridgehead atoms. The second-order valence-corrected chi connectivity index (χ2v) is 3.24. The minimum absolute atomic E-state index is 0.0470. The van der Waals surface area contributed by atoms with Crippen LogP contribution in [0.15, 0.2) is 22.7 Å². The number of nitrogen functional groups attached to an aromatic ring is 1. The molecule has 0 spiro atoms. The van der Waals surface area contributed by atoms with Crippen LogP contribution in [0.5, 0.6) is 0 Å². The average molecular weight is 231 g/mol. The summed E-state index contributed by atoms with van der Waals surface area (Å²) in [6.07, 6.45) is 0. The first-order chi connectivity index (χ1) is 7.08. The van der Waals surface area contributed by atoms with Crippen LogP contribution < -0.4 is 5.73 Å². The Kier molecular flexibility index (Phi) is 2.32. The molecule has 1 heterocycles. The first-order valence-electron chi connectivity index (χ1n) is 3.95. The van der Waals surface area contributed by atoms with E-state index >= 15 is 0 Å². The van der Waals surface area contributed by atoms with E-state index < -0.39 is 11.6 Å². The molecule has 0 unspecified atom stereocenters. The van der Waals surface area contributed by atoms with Crippen LogP contribution in [0.2, 0.25) is 5.02 Å². The average Bonchev–Trinajstić information content (AvgIpc) is 2.58. The fraction of sp³-hybridized carbons (Fsp3) is 0. The molecule has 0 aliphatic heterocycles. The lowest BCUT2D eigenvalue weighted by Crippen LogP contribution is -1.87. The highest BCUT2D eigenvalue weighted by molar-refractivity contribution is 6.33. The number of aromatic nitrogens is 1. The number of nitrogens with zero attached hydrogens (tertiary/aromatic N) is 1. The molecule has 0 fully saturated rings. The highest BCUT2D eigenvalue weighted by Crippen LogP contribution is 2.30. The third-order valence-electron chi connectivity index (χ3n) is 1.80. The SMILES string of the molecule is Nc1cc(-c2cc(F)cc(F)c2Cl)no1. The highest BCUT2D eigenvalue weighted by Gasteiger charge is 2.14. The summed E-state index contributed by atoms with van der Waals surface area (Å²) in [7, 11) is 0. The first kappa shape index (κ1) is 9.92. The minimum atomic E-state index is -0.853. The molecule has 6 heteroatoms. The monoisotopic (exact) mass is 230 g/mol. The van der Waals surface area contributed by atoms with Gasteiger partial charge in [0.25, 0.3) is 0 Å². The second kappa shape index (κ2) is 3.51. The van der Waals surface area contributed by atoms with E-state index in [9.17, 15) is 8.78 Å². The Balaban J connectivity index is 2.62. The molecule has 2 N–H and O–H groups in total. The summed E-state index contributed by atoms with van der Waals surface area (Å²) in [6, 6.07) is 3.08. The van der Waals surface area contributed by atoms with Crippen molar-refractivity contribution in [3.63, 3.8) is 0 Å². The number of anilines is 1. The number of hydrogen-bond donors (Lipinski definition) is 1. The second-order valence-electron chi connectivity index (χ2n) is 2.86. The summed E-state index contributed by atoms with van der Waals surface area (Å²) in [5, 5.41) is 3.29. The van der Waals surface area contributed by atoms with Gasteiger partial charge in [0.2, 0.25) is 5.88 Å². The van der Waals surface area contributed by atoms with E-state index in [0.29, 0.717) is 6.07 Å². The molecule has 0 saturated carbocycles. The maximum atomic E-state index is 13.1. The Hall–Kier alpha value is -1.62. The van der Waals surface area contributed by atoms with Gasteiger partial charge in [-0.1, -0.05) is 16.8 Å². The van der Waals surface area contributed by atoms with E-state index in [4.69, 9.17) is 17.3 Å². The van der Waals surface area contributed by atoms with Crippen molar-refractivity contribution < 1.29 is 13.3 Å². The quantitative estimate of drug-likeness (QED) is 0.767. The minimum Gasteiger partial charge on any atom is -0.368 e. The van der Waals surface area contributed by atoms with Crippen LogP contribution in [-0.4, -0.2) is 5.16 Å². The van der Waals surface area contributed by atoms with Gasteiger partial charge in [-0.2, -0.15) is 0 Å². The van der Waals surface area contributed by atoms with Crippen LogP contribution in [0.25, 0.3) is 11.3 Å². The predicted octanol–water partition coefficient (Wildman–Crippen LogP) is 2.86. The Bertz CT molecular complexity index is 513. The molecule has 2 aromatic rings. The standard InChI is InChI=1S/C9H5ClF2N2O/c10-9-5(1-4(11)2-6(9)12)7-3-8(13)15-14-7/h1-3H,13H2. The Morgan fingerprint density at radius 2 is 2.00 bits per heavy atom. The summed E-state index contributed by atoms with van der Waals surface area (Å²) in [5.41, 5.74) is 5.58. The summed E-state index contributed by atoms with van der Waals surface area (Å²) >= 11 is 5.64. The number of benzene rings is 1. The zero-order chi connectivity index (χ0) is 11.0. The highest BCUT2D eigenvalue weighted by atomic mass is 35.5. The van der Waals surface area contributed by atoms with Crippen LogP contribution in [0, 0.1) is 11.6 Å². The summed E-state index contributed by atoms with van der Waals surface area (Å²) in [4.78, 5) is 0. The van der Waals surface area contributed by atoms with Gasteiger partial charge in [-0.25, -0.2) is 8.78 Å². The molecule has 78 valence electrons. The fourth-order valence-corrected chi connectivity index (χ4v) is 1.36. The van der Waals surface area contributed by atoms with Crippen molar-refractivity contribution in [2.24, 2.45) is 0 Å². The van der Waals surface area contributed by atoms with E-state index in [-0.39, 0.29) is 22.2 Å². The zero-order valence-corrected chi connectivity index (χ0v) is 8.05. The number of nitrogens with two attached hydrogens (primary N) is 1. The Morgan fingerprint density at radius 3 is 2.60 bits per heavy atom. The summed E-state index contributed by atoms with van der Waals surface area (Å²) < 4.78 is 30.6. The molecule has 0 aliphatic rings. The van der Waals surface area contributed by atoms with Gasteiger partial charge in [-0.15, -0.1) is 0 Å². The van der Waals surface area contributed by atoms with Gasteiger partial charge in [0.15, 0.2) is 0 Å². The van der Waals surface area contributed by atoms with Crippen molar-refractivity contribution in [3.05, 3.63) is 34.9 Å². The van der Waals surface area contributed by atoms with Crippen LogP contribution >= 0.6 is 11.6 Å². The van der Waals surface area contributed by atoms with E-state index in [2.05, 4.69) is 9.68 Å². The number of halogens is 3. The molecule has 2 rings (SSSR count). The molecule has 3 nitrogen and oxygen atoms in total. The summed E-state index contributed by atoms with van der Waals surface area (Å²) in [6.45, 7) is 0. The van der Waals surface area contributed by atoms with Gasteiger partial charge in [0.05, 0.1) is 5.02 Å². The lowest BCUT2D eigenvalue weighted by atomic mass is 10.1. The van der Waals surface area contributed by atoms with E-state index in [0.717, 1.165) is 6.07 Å². The maximum Gasteiger partial charge on any atom is 0.222 e. The van der Waals surface area contributed by atoms with Crippen molar-refractivity contribution in [1.29, 1.82) is 0 Å². The number of rotatable bonds is 1. The van der Waals surface area contributed by atoms with Gasteiger partial charge in [0.1, 0.15) is 17.3 Å². The molecule has 0 amide bonds. The number of hydrogen-bond acceptors (Lipinski definition) is 3. The smallest absolute Gasteiger partial charge is 0.222 e. The van der Waals surface area contributed by atoms with Crippen LogP contribution in [-0.2, 0) is 0 Å². The Morgan fingerprint density at radius 1 is 1.27 bits per heavy atom. The maximum absolute atomic E-state index is 13.1. The molecule has 0 saturated heterocycles. The Labute approximate surface area is 88.4 Å². The van der Waals surface area contributed by atoms with Crippen molar-refractivity contribution in [3.8, 4) is 11.3 Å². The lowest BCUT2D eigenvalue weighted by molar-refractivity contribution is 0.439. The molecule has 0 aliphatic carbocycles. The molecule has 15 heavy (non-hydrogen) atoms. The molecular formula is C9H5ClF2N2O. The summed E-state index contributed by atoms with van der Waals surface area (Å²) in [5.74, 6) is -1.55. The van der Waals surface area contributed by atoms with Gasteiger partial charge in [-0.05, 0) is 6.07 Å². The normalized spacial score (nSPS) is 10.6.